The van der Waals surface area contributed by atoms with Crippen molar-refractivity contribution < 1.29 is 14.3 Å². The highest BCUT2D eigenvalue weighted by molar-refractivity contribution is 5.79. The molecule has 0 aliphatic heterocycles. The zero-order valence-electron chi connectivity index (χ0n) is 14.9. The van der Waals surface area contributed by atoms with E-state index in [1.54, 1.807) is 14.2 Å². The van der Waals surface area contributed by atoms with Crippen LogP contribution in [0.1, 0.15) is 30.3 Å². The summed E-state index contributed by atoms with van der Waals surface area (Å²) >= 11 is 0. The third-order valence-corrected chi connectivity index (χ3v) is 4.74. The first kappa shape index (κ1) is 17.3. The number of amides is 1. The van der Waals surface area contributed by atoms with Crippen molar-refractivity contribution in [2.45, 2.75) is 32.7 Å². The molecule has 0 unspecified atom stereocenters. The van der Waals surface area contributed by atoms with Crippen LogP contribution in [0.25, 0.3) is 0 Å². The van der Waals surface area contributed by atoms with Crippen molar-refractivity contribution >= 4 is 5.91 Å². The molecular weight excluding hydrogens is 320 g/mol. The van der Waals surface area contributed by atoms with Crippen molar-refractivity contribution in [3.63, 3.8) is 0 Å². The van der Waals surface area contributed by atoms with E-state index in [9.17, 15) is 4.79 Å². The Morgan fingerprint density at radius 1 is 1.24 bits per heavy atom. The van der Waals surface area contributed by atoms with Crippen LogP contribution >= 0.6 is 0 Å². The van der Waals surface area contributed by atoms with Crippen LogP contribution in [0.2, 0.25) is 0 Å². The Balaban J connectivity index is 1.71. The zero-order chi connectivity index (χ0) is 17.8. The van der Waals surface area contributed by atoms with Crippen molar-refractivity contribution in [3.8, 4) is 11.5 Å². The third-order valence-electron chi connectivity index (χ3n) is 4.74. The summed E-state index contributed by atoms with van der Waals surface area (Å²) in [4.78, 5) is 14.8. The number of aromatic amines is 1. The van der Waals surface area contributed by atoms with E-state index in [2.05, 4.69) is 15.4 Å². The van der Waals surface area contributed by atoms with E-state index in [4.69, 9.17) is 9.47 Å². The third kappa shape index (κ3) is 3.60. The number of benzene rings is 1. The van der Waals surface area contributed by atoms with Gasteiger partial charge in [0, 0.05) is 25.4 Å². The van der Waals surface area contributed by atoms with Crippen LogP contribution in [0.3, 0.4) is 0 Å². The fourth-order valence-electron chi connectivity index (χ4n) is 3.30. The van der Waals surface area contributed by atoms with Gasteiger partial charge in [-0.3, -0.25) is 4.79 Å². The number of ether oxygens (including phenoxy) is 2. The van der Waals surface area contributed by atoms with Gasteiger partial charge in [0.25, 0.3) is 0 Å². The molecule has 3 rings (SSSR count). The monoisotopic (exact) mass is 344 g/mol. The molecule has 1 aliphatic rings. The van der Waals surface area contributed by atoms with E-state index in [1.807, 2.05) is 30.0 Å². The molecule has 2 aromatic rings. The molecule has 1 amide bonds. The van der Waals surface area contributed by atoms with Gasteiger partial charge in [-0.1, -0.05) is 6.07 Å². The topological polar surface area (TPSA) is 80.3 Å². The number of fused-ring (bicyclic) bond motifs is 1. The second-order valence-electron chi connectivity index (χ2n) is 6.20. The first-order valence-electron chi connectivity index (χ1n) is 8.54. The second kappa shape index (κ2) is 7.55. The van der Waals surface area contributed by atoms with Gasteiger partial charge in [-0.15, -0.1) is 0 Å². The zero-order valence-corrected chi connectivity index (χ0v) is 14.9. The highest BCUT2D eigenvalue weighted by Gasteiger charge is 2.30. The summed E-state index contributed by atoms with van der Waals surface area (Å²) in [6, 6.07) is 5.76. The van der Waals surface area contributed by atoms with Gasteiger partial charge in [0.15, 0.2) is 11.5 Å². The molecule has 0 bridgehead atoms. The fraction of sp³-hybridized carbons (Fsp3) is 0.500. The highest BCUT2D eigenvalue weighted by Crippen LogP contribution is 2.29. The molecule has 134 valence electrons. The summed E-state index contributed by atoms with van der Waals surface area (Å²) in [6.45, 7) is 3.22. The molecule has 0 saturated heterocycles. The summed E-state index contributed by atoms with van der Waals surface area (Å²) < 4.78 is 10.6. The number of carbonyl (C=O) groups excluding carboxylic acids is 1. The molecule has 0 fully saturated rings. The standard InChI is InChI=1S/C18H24N4O3/c1-4-22(11-12-5-8-16(24-2)17(9-12)25-3)18(23)13-6-7-14-15(10-13)20-21-19-14/h5,8-9,13H,4,6-7,10-11H2,1-3H3,(H,19,20,21)/t13-/m1/s1. The first-order chi connectivity index (χ1) is 12.2. The number of nitrogens with zero attached hydrogens (tertiary/aromatic N) is 3. The van der Waals surface area contributed by atoms with E-state index in [-0.39, 0.29) is 11.8 Å². The second-order valence-corrected chi connectivity index (χ2v) is 6.20. The molecule has 0 radical (unpaired) electrons. The minimum Gasteiger partial charge on any atom is -0.493 e. The van der Waals surface area contributed by atoms with E-state index in [1.165, 1.54) is 0 Å². The van der Waals surface area contributed by atoms with Gasteiger partial charge < -0.3 is 14.4 Å². The predicted octanol–water partition coefficient (Wildman–Crippen LogP) is 1.98. The molecule has 1 N–H and O–H groups in total. The largest absolute Gasteiger partial charge is 0.493 e. The summed E-state index contributed by atoms with van der Waals surface area (Å²) in [5, 5.41) is 11.0. The van der Waals surface area contributed by atoms with Crippen LogP contribution in [0, 0.1) is 5.92 Å². The quantitative estimate of drug-likeness (QED) is 0.867. The molecule has 1 aliphatic carbocycles. The average molecular weight is 344 g/mol. The minimum absolute atomic E-state index is 0.0299. The van der Waals surface area contributed by atoms with Gasteiger partial charge in [-0.25, -0.2) is 0 Å². The van der Waals surface area contributed by atoms with Crippen molar-refractivity contribution in [1.82, 2.24) is 20.3 Å². The van der Waals surface area contributed by atoms with Crippen molar-refractivity contribution in [2.24, 2.45) is 5.92 Å². The molecule has 7 nitrogen and oxygen atoms in total. The maximum Gasteiger partial charge on any atom is 0.226 e. The Morgan fingerprint density at radius 2 is 2.00 bits per heavy atom. The van der Waals surface area contributed by atoms with E-state index in [0.29, 0.717) is 31.0 Å². The number of H-pyrrole nitrogens is 1. The molecular formula is C18H24N4O3. The number of methoxy groups -OCH3 is 2. The van der Waals surface area contributed by atoms with Crippen LogP contribution in [0.4, 0.5) is 0 Å². The number of rotatable bonds is 6. The molecule has 1 atom stereocenters. The van der Waals surface area contributed by atoms with Gasteiger partial charge in [-0.05, 0) is 37.5 Å². The number of aromatic nitrogens is 3. The van der Waals surface area contributed by atoms with E-state index in [0.717, 1.165) is 29.8 Å². The lowest BCUT2D eigenvalue weighted by Gasteiger charge is -2.28. The van der Waals surface area contributed by atoms with Crippen LogP contribution in [0.15, 0.2) is 18.2 Å². The minimum atomic E-state index is -0.0299. The SMILES string of the molecule is CCN(Cc1ccc(OC)c(OC)c1)C(=O)[C@@H]1CCc2n[nH]nc2C1. The van der Waals surface area contributed by atoms with Crippen molar-refractivity contribution in [3.05, 3.63) is 35.2 Å². The maximum atomic E-state index is 13.0. The lowest BCUT2D eigenvalue weighted by molar-refractivity contribution is -0.136. The Bertz CT molecular complexity index is 744. The Kier molecular flexibility index (Phi) is 5.21. The van der Waals surface area contributed by atoms with Gasteiger partial charge in [0.2, 0.25) is 5.91 Å². The van der Waals surface area contributed by atoms with Crippen molar-refractivity contribution in [1.29, 1.82) is 0 Å². The normalized spacial score (nSPS) is 16.2. The lowest BCUT2D eigenvalue weighted by Crippen LogP contribution is -2.38. The number of carbonyl (C=O) groups is 1. The molecule has 0 saturated carbocycles. The van der Waals surface area contributed by atoms with Crippen molar-refractivity contribution in [2.75, 3.05) is 20.8 Å². The van der Waals surface area contributed by atoms with Crippen LogP contribution in [-0.2, 0) is 24.2 Å². The molecule has 25 heavy (non-hydrogen) atoms. The van der Waals surface area contributed by atoms with Gasteiger partial charge >= 0.3 is 0 Å². The summed E-state index contributed by atoms with van der Waals surface area (Å²) in [5.41, 5.74) is 2.93. The summed E-state index contributed by atoms with van der Waals surface area (Å²) in [6.07, 6.45) is 2.28. The highest BCUT2D eigenvalue weighted by atomic mass is 16.5. The Labute approximate surface area is 147 Å². The molecule has 0 spiro atoms. The predicted molar refractivity (Wildman–Crippen MR) is 92.5 cm³/mol. The van der Waals surface area contributed by atoms with Crippen LogP contribution < -0.4 is 9.47 Å². The first-order valence-corrected chi connectivity index (χ1v) is 8.54. The number of hydrogen-bond acceptors (Lipinski definition) is 5. The van der Waals surface area contributed by atoms with E-state index < -0.39 is 0 Å². The number of hydrogen-bond donors (Lipinski definition) is 1. The van der Waals surface area contributed by atoms with Gasteiger partial charge in [0.05, 0.1) is 25.6 Å². The fourth-order valence-corrected chi connectivity index (χ4v) is 3.30. The van der Waals surface area contributed by atoms with Gasteiger partial charge in [0.1, 0.15) is 0 Å². The average Bonchev–Trinajstić information content (AvgIpc) is 3.13. The summed E-state index contributed by atoms with van der Waals surface area (Å²) in [7, 11) is 3.22. The molecule has 1 heterocycles. The molecule has 1 aromatic carbocycles. The lowest BCUT2D eigenvalue weighted by atomic mass is 9.88. The Hall–Kier alpha value is -2.57. The number of aryl methyl sites for hydroxylation is 1. The Morgan fingerprint density at radius 3 is 2.72 bits per heavy atom. The molecule has 1 aromatic heterocycles. The summed E-state index contributed by atoms with van der Waals surface area (Å²) in [5.74, 6) is 1.50. The van der Waals surface area contributed by atoms with Crippen LogP contribution in [-0.4, -0.2) is 47.0 Å². The van der Waals surface area contributed by atoms with Crippen LogP contribution in [0.5, 0.6) is 11.5 Å². The van der Waals surface area contributed by atoms with Gasteiger partial charge in [-0.2, -0.15) is 15.4 Å². The maximum absolute atomic E-state index is 13.0. The molecule has 7 heteroatoms. The van der Waals surface area contributed by atoms with E-state index >= 15 is 0 Å². The smallest absolute Gasteiger partial charge is 0.226 e. The number of nitrogens with one attached hydrogen (secondary N) is 1.